The first-order valence-electron chi connectivity index (χ1n) is 7.95. The Morgan fingerprint density at radius 1 is 1.16 bits per heavy atom. The molecule has 1 aliphatic rings. The molecule has 138 valence electrons. The van der Waals surface area contributed by atoms with Gasteiger partial charge in [0.2, 0.25) is 5.91 Å². The van der Waals surface area contributed by atoms with Crippen molar-refractivity contribution in [2.24, 2.45) is 0 Å². The Bertz CT molecular complexity index is 748. The lowest BCUT2D eigenvalue weighted by Gasteiger charge is -2.31. The number of likely N-dealkylation sites (tertiary alicyclic amines) is 1. The highest BCUT2D eigenvalue weighted by Gasteiger charge is 2.41. The third-order valence-electron chi connectivity index (χ3n) is 3.96. The van der Waals surface area contributed by atoms with Crippen LogP contribution in [0.1, 0.15) is 39.2 Å². The van der Waals surface area contributed by atoms with Crippen molar-refractivity contribution in [3.05, 3.63) is 29.8 Å². The van der Waals surface area contributed by atoms with E-state index in [9.17, 15) is 18.0 Å². The highest BCUT2D eigenvalue weighted by Crippen LogP contribution is 2.25. The average molecular weight is 369 g/mol. The highest BCUT2D eigenvalue weighted by atomic mass is 32.2. The standard InChI is InChI=1S/C17H23NO6S/c1-17(2,3)25(21,22)24-14-9-10-15(19)18(16(14)20)11-12-5-7-13(23-4)8-6-12/h5-8,14H,9-11H2,1-4H3. The van der Waals surface area contributed by atoms with Crippen LogP contribution in [0.2, 0.25) is 0 Å². The normalized spacial score (nSPS) is 19.2. The van der Waals surface area contributed by atoms with Gasteiger partial charge in [0.05, 0.1) is 18.4 Å². The second-order valence-corrected chi connectivity index (χ2v) is 9.18. The molecule has 1 aromatic rings. The van der Waals surface area contributed by atoms with E-state index in [2.05, 4.69) is 0 Å². The smallest absolute Gasteiger partial charge is 0.273 e. The van der Waals surface area contributed by atoms with Crippen LogP contribution in [0, 0.1) is 0 Å². The summed E-state index contributed by atoms with van der Waals surface area (Å²) >= 11 is 0. The lowest BCUT2D eigenvalue weighted by atomic mass is 10.1. The summed E-state index contributed by atoms with van der Waals surface area (Å²) in [5.74, 6) is -0.300. The third-order valence-corrected chi connectivity index (χ3v) is 5.94. The molecule has 1 atom stereocenters. The Balaban J connectivity index is 2.15. The second kappa shape index (κ2) is 7.13. The minimum absolute atomic E-state index is 0.0616. The van der Waals surface area contributed by atoms with E-state index in [0.717, 1.165) is 10.5 Å². The molecule has 1 aromatic carbocycles. The number of piperidine rings is 1. The van der Waals surface area contributed by atoms with Crippen LogP contribution in [0.25, 0.3) is 0 Å². The fraction of sp³-hybridized carbons (Fsp3) is 0.529. The van der Waals surface area contributed by atoms with E-state index in [1.54, 1.807) is 31.4 Å². The number of ether oxygens (including phenoxy) is 1. The van der Waals surface area contributed by atoms with Crippen LogP contribution in [0.15, 0.2) is 24.3 Å². The first-order chi connectivity index (χ1) is 11.5. The van der Waals surface area contributed by atoms with Gasteiger partial charge in [-0.05, 0) is 44.9 Å². The Morgan fingerprint density at radius 3 is 2.28 bits per heavy atom. The maximum Gasteiger partial charge on any atom is 0.273 e. The minimum atomic E-state index is -3.93. The van der Waals surface area contributed by atoms with Gasteiger partial charge >= 0.3 is 0 Å². The molecule has 1 aliphatic heterocycles. The Kier molecular flexibility index (Phi) is 5.53. The Labute approximate surface area is 148 Å². The predicted molar refractivity (Wildman–Crippen MR) is 91.3 cm³/mol. The number of nitrogens with zero attached hydrogens (tertiary/aromatic N) is 1. The van der Waals surface area contributed by atoms with Gasteiger partial charge in [-0.2, -0.15) is 8.42 Å². The van der Waals surface area contributed by atoms with Crippen molar-refractivity contribution in [2.45, 2.75) is 51.0 Å². The summed E-state index contributed by atoms with van der Waals surface area (Å²) in [7, 11) is -2.38. The maximum atomic E-state index is 12.6. The van der Waals surface area contributed by atoms with Gasteiger partial charge in [-0.3, -0.25) is 18.7 Å². The largest absolute Gasteiger partial charge is 0.497 e. The molecule has 0 spiro atoms. The monoisotopic (exact) mass is 369 g/mol. The van der Waals surface area contributed by atoms with E-state index < -0.39 is 26.9 Å². The molecule has 2 rings (SSSR count). The number of amides is 2. The molecule has 0 aliphatic carbocycles. The quantitative estimate of drug-likeness (QED) is 0.581. The van der Waals surface area contributed by atoms with Crippen molar-refractivity contribution in [3.63, 3.8) is 0 Å². The molecule has 0 aromatic heterocycles. The molecule has 8 heteroatoms. The van der Waals surface area contributed by atoms with Crippen LogP contribution in [-0.2, 0) is 30.4 Å². The summed E-state index contributed by atoms with van der Waals surface area (Å²) in [4.78, 5) is 25.7. The molecule has 1 fully saturated rings. The van der Waals surface area contributed by atoms with Crippen molar-refractivity contribution in [3.8, 4) is 5.75 Å². The van der Waals surface area contributed by atoms with Crippen molar-refractivity contribution in [1.29, 1.82) is 0 Å². The average Bonchev–Trinajstić information content (AvgIpc) is 2.53. The number of hydrogen-bond acceptors (Lipinski definition) is 6. The van der Waals surface area contributed by atoms with E-state index in [1.807, 2.05) is 0 Å². The first kappa shape index (κ1) is 19.4. The summed E-state index contributed by atoms with van der Waals surface area (Å²) in [5.41, 5.74) is 0.738. The Hall–Kier alpha value is -1.93. The zero-order valence-electron chi connectivity index (χ0n) is 14.8. The van der Waals surface area contributed by atoms with E-state index >= 15 is 0 Å². The molecule has 0 bridgehead atoms. The molecule has 2 amide bonds. The number of methoxy groups -OCH3 is 1. The van der Waals surface area contributed by atoms with Crippen molar-refractivity contribution in [1.82, 2.24) is 4.90 Å². The lowest BCUT2D eigenvalue weighted by Crippen LogP contribution is -2.49. The molecule has 1 heterocycles. The number of benzene rings is 1. The van der Waals surface area contributed by atoms with Gasteiger partial charge in [-0.15, -0.1) is 0 Å². The van der Waals surface area contributed by atoms with Crippen LogP contribution >= 0.6 is 0 Å². The van der Waals surface area contributed by atoms with Crippen molar-refractivity contribution >= 4 is 21.9 Å². The number of imide groups is 1. The van der Waals surface area contributed by atoms with Crippen LogP contribution in [0.4, 0.5) is 0 Å². The van der Waals surface area contributed by atoms with Crippen LogP contribution < -0.4 is 4.74 Å². The zero-order valence-corrected chi connectivity index (χ0v) is 15.6. The first-order valence-corrected chi connectivity index (χ1v) is 9.36. The molecule has 0 radical (unpaired) electrons. The number of carbonyl (C=O) groups excluding carboxylic acids is 2. The SMILES string of the molecule is COc1ccc(CN2C(=O)CCC(OS(=O)(=O)C(C)(C)C)C2=O)cc1. The van der Waals surface area contributed by atoms with Crippen LogP contribution in [-0.4, -0.2) is 43.1 Å². The van der Waals surface area contributed by atoms with Crippen LogP contribution in [0.5, 0.6) is 5.75 Å². The van der Waals surface area contributed by atoms with Gasteiger partial charge in [0.15, 0.2) is 6.10 Å². The Morgan fingerprint density at radius 2 is 1.76 bits per heavy atom. The fourth-order valence-corrected chi connectivity index (χ4v) is 3.05. The molecule has 0 saturated carbocycles. The van der Waals surface area contributed by atoms with Crippen molar-refractivity contribution in [2.75, 3.05) is 7.11 Å². The summed E-state index contributed by atoms with van der Waals surface area (Å²) in [6.07, 6.45) is -1.04. The van der Waals surface area contributed by atoms with Gasteiger partial charge in [0, 0.05) is 6.42 Å². The van der Waals surface area contributed by atoms with Crippen molar-refractivity contribution < 1.29 is 26.9 Å². The zero-order chi connectivity index (χ0) is 18.8. The minimum Gasteiger partial charge on any atom is -0.497 e. The number of rotatable bonds is 5. The van der Waals surface area contributed by atoms with Gasteiger partial charge in [0.1, 0.15) is 5.75 Å². The highest BCUT2D eigenvalue weighted by molar-refractivity contribution is 7.88. The van der Waals surface area contributed by atoms with Gasteiger partial charge < -0.3 is 4.74 Å². The van der Waals surface area contributed by atoms with E-state index in [0.29, 0.717) is 5.75 Å². The number of hydrogen-bond donors (Lipinski definition) is 0. The molecule has 0 N–H and O–H groups in total. The van der Waals surface area contributed by atoms with E-state index in [4.69, 9.17) is 8.92 Å². The summed E-state index contributed by atoms with van der Waals surface area (Å²) < 4.78 is 33.4. The maximum absolute atomic E-state index is 12.6. The fourth-order valence-electron chi connectivity index (χ4n) is 2.28. The van der Waals surface area contributed by atoms with Gasteiger partial charge in [-0.1, -0.05) is 12.1 Å². The molecular formula is C17H23NO6S. The summed E-state index contributed by atoms with van der Waals surface area (Å²) in [5, 5.41) is 0. The number of carbonyl (C=O) groups is 2. The predicted octanol–water partition coefficient (Wildman–Crippen LogP) is 1.86. The summed E-state index contributed by atoms with van der Waals surface area (Å²) in [6.45, 7) is 4.55. The molecule has 1 unspecified atom stereocenters. The van der Waals surface area contributed by atoms with Crippen LogP contribution in [0.3, 0.4) is 0 Å². The lowest BCUT2D eigenvalue weighted by molar-refractivity contribution is -0.155. The van der Waals surface area contributed by atoms with Gasteiger partial charge in [0.25, 0.3) is 16.0 Å². The second-order valence-electron chi connectivity index (χ2n) is 6.86. The molecule has 1 saturated heterocycles. The topological polar surface area (TPSA) is 90.0 Å². The molecule has 25 heavy (non-hydrogen) atoms. The molecular weight excluding hydrogens is 346 g/mol. The van der Waals surface area contributed by atoms with E-state index in [-0.39, 0.29) is 25.3 Å². The third kappa shape index (κ3) is 4.38. The summed E-state index contributed by atoms with van der Waals surface area (Å²) in [6, 6.07) is 6.95. The molecule has 7 nitrogen and oxygen atoms in total. The van der Waals surface area contributed by atoms with E-state index in [1.165, 1.54) is 20.8 Å². The van der Waals surface area contributed by atoms with Gasteiger partial charge in [-0.25, -0.2) is 0 Å².